The van der Waals surface area contributed by atoms with Gasteiger partial charge >= 0.3 is 12.0 Å². The lowest BCUT2D eigenvalue weighted by Crippen LogP contribution is -2.04. The fourth-order valence-corrected chi connectivity index (χ4v) is 1.82. The Balaban J connectivity index is 2.05. The van der Waals surface area contributed by atoms with Crippen LogP contribution in [0.15, 0.2) is 21.9 Å². The Morgan fingerprint density at radius 1 is 1.57 bits per heavy atom. The maximum absolute atomic E-state index is 5.30. The van der Waals surface area contributed by atoms with Crippen LogP contribution in [0.1, 0.15) is 17.8 Å². The van der Waals surface area contributed by atoms with Crippen molar-refractivity contribution in [3.63, 3.8) is 0 Å². The molecule has 0 fully saturated rings. The van der Waals surface area contributed by atoms with Gasteiger partial charge in [0, 0.05) is 4.88 Å². The molecule has 14 heavy (non-hydrogen) atoms. The third kappa shape index (κ3) is 1.85. The van der Waals surface area contributed by atoms with Gasteiger partial charge in [0.1, 0.15) is 0 Å². The Bertz CT molecular complexity index is 397. The number of hydrogen-bond donors (Lipinski definition) is 2. The molecule has 0 aromatic carbocycles. The number of aromatic nitrogens is 2. The minimum absolute atomic E-state index is 0.0749. The van der Waals surface area contributed by atoms with Gasteiger partial charge in [0.25, 0.3) is 0 Å². The number of nitrogens with two attached hydrogens (primary N) is 1. The van der Waals surface area contributed by atoms with E-state index in [2.05, 4.69) is 15.5 Å². The van der Waals surface area contributed by atoms with Crippen LogP contribution < -0.4 is 11.1 Å². The van der Waals surface area contributed by atoms with E-state index in [0.29, 0.717) is 6.01 Å². The van der Waals surface area contributed by atoms with Crippen LogP contribution in [0.5, 0.6) is 0 Å². The number of nitrogen functional groups attached to an aromatic ring is 1. The third-order valence-electron chi connectivity index (χ3n) is 1.75. The molecule has 6 heteroatoms. The lowest BCUT2D eigenvalue weighted by Gasteiger charge is -2.08. The molecule has 0 amide bonds. The zero-order chi connectivity index (χ0) is 9.97. The zero-order valence-electron chi connectivity index (χ0n) is 7.60. The first kappa shape index (κ1) is 9.01. The summed E-state index contributed by atoms with van der Waals surface area (Å²) in [6.07, 6.45) is 0. The average molecular weight is 210 g/mol. The molecule has 2 aromatic rings. The molecule has 5 nitrogen and oxygen atoms in total. The molecule has 2 aromatic heterocycles. The normalized spacial score (nSPS) is 12.6. The van der Waals surface area contributed by atoms with Crippen molar-refractivity contribution in [1.82, 2.24) is 10.2 Å². The van der Waals surface area contributed by atoms with E-state index >= 15 is 0 Å². The van der Waals surface area contributed by atoms with Crippen LogP contribution in [-0.2, 0) is 0 Å². The zero-order valence-corrected chi connectivity index (χ0v) is 8.41. The highest BCUT2D eigenvalue weighted by Gasteiger charge is 2.09. The Labute approximate surface area is 85.0 Å². The predicted molar refractivity (Wildman–Crippen MR) is 55.1 cm³/mol. The highest BCUT2D eigenvalue weighted by Crippen LogP contribution is 2.22. The Morgan fingerprint density at radius 2 is 2.43 bits per heavy atom. The molecule has 1 unspecified atom stereocenters. The van der Waals surface area contributed by atoms with E-state index in [4.69, 9.17) is 10.2 Å². The topological polar surface area (TPSA) is 77.0 Å². The van der Waals surface area contributed by atoms with Gasteiger partial charge in [-0.1, -0.05) is 16.3 Å². The van der Waals surface area contributed by atoms with Crippen LogP contribution >= 0.6 is 11.3 Å². The summed E-state index contributed by atoms with van der Waals surface area (Å²) in [5.74, 6) is 0. The molecule has 2 heterocycles. The van der Waals surface area contributed by atoms with Gasteiger partial charge < -0.3 is 15.5 Å². The van der Waals surface area contributed by atoms with E-state index in [1.165, 1.54) is 4.88 Å². The van der Waals surface area contributed by atoms with Gasteiger partial charge in [-0.25, -0.2) is 0 Å². The van der Waals surface area contributed by atoms with Gasteiger partial charge in [-0.2, -0.15) is 0 Å². The van der Waals surface area contributed by atoms with Crippen molar-refractivity contribution in [2.75, 3.05) is 11.1 Å². The van der Waals surface area contributed by atoms with Gasteiger partial charge in [-0.3, -0.25) is 0 Å². The molecule has 3 N–H and O–H groups in total. The maximum Gasteiger partial charge on any atom is 0.317 e. The van der Waals surface area contributed by atoms with Crippen molar-refractivity contribution >= 4 is 23.4 Å². The van der Waals surface area contributed by atoms with Gasteiger partial charge in [-0.05, 0) is 18.4 Å². The molecule has 2 rings (SSSR count). The number of rotatable bonds is 3. The summed E-state index contributed by atoms with van der Waals surface area (Å²) in [7, 11) is 0. The summed E-state index contributed by atoms with van der Waals surface area (Å²) < 4.78 is 5.00. The summed E-state index contributed by atoms with van der Waals surface area (Å²) in [4.78, 5) is 1.21. The summed E-state index contributed by atoms with van der Waals surface area (Å²) >= 11 is 1.67. The number of thiophene rings is 1. The molecule has 1 atom stereocenters. The molecule has 0 saturated heterocycles. The van der Waals surface area contributed by atoms with Crippen LogP contribution in [0.3, 0.4) is 0 Å². The molecular weight excluding hydrogens is 200 g/mol. The molecule has 0 bridgehead atoms. The first-order valence-corrected chi connectivity index (χ1v) is 5.02. The molecule has 0 aliphatic rings. The number of hydrogen-bond acceptors (Lipinski definition) is 6. The van der Waals surface area contributed by atoms with Crippen LogP contribution in [0.25, 0.3) is 0 Å². The van der Waals surface area contributed by atoms with Crippen molar-refractivity contribution in [2.24, 2.45) is 0 Å². The fraction of sp³-hybridized carbons (Fsp3) is 0.250. The second kappa shape index (κ2) is 3.67. The molecule has 0 aliphatic carbocycles. The van der Waals surface area contributed by atoms with Crippen LogP contribution in [-0.4, -0.2) is 10.2 Å². The molecule has 0 aliphatic heterocycles. The summed E-state index contributed by atoms with van der Waals surface area (Å²) in [6, 6.07) is 4.62. The van der Waals surface area contributed by atoms with E-state index in [1.807, 2.05) is 24.4 Å². The van der Waals surface area contributed by atoms with E-state index in [0.717, 1.165) is 0 Å². The first-order valence-electron chi connectivity index (χ1n) is 4.14. The number of nitrogens with zero attached hydrogens (tertiary/aromatic N) is 2. The van der Waals surface area contributed by atoms with Gasteiger partial charge in [0.15, 0.2) is 0 Å². The standard InChI is InChI=1S/C8H10N4OS/c1-5(6-3-2-4-14-6)10-8-12-11-7(9)13-8/h2-5H,1H3,(H2,9,11)(H,10,12). The molecule has 0 spiro atoms. The van der Waals surface area contributed by atoms with Crippen molar-refractivity contribution in [3.8, 4) is 0 Å². The van der Waals surface area contributed by atoms with Crippen molar-refractivity contribution in [3.05, 3.63) is 22.4 Å². The monoisotopic (exact) mass is 210 g/mol. The average Bonchev–Trinajstić information content (AvgIpc) is 2.75. The smallest absolute Gasteiger partial charge is 0.317 e. The predicted octanol–water partition coefficient (Wildman–Crippen LogP) is 1.89. The van der Waals surface area contributed by atoms with Crippen LogP contribution in [0.2, 0.25) is 0 Å². The third-order valence-corrected chi connectivity index (χ3v) is 2.81. The van der Waals surface area contributed by atoms with Crippen molar-refractivity contribution in [2.45, 2.75) is 13.0 Å². The molecule has 74 valence electrons. The van der Waals surface area contributed by atoms with Crippen molar-refractivity contribution < 1.29 is 4.42 Å². The summed E-state index contributed by atoms with van der Waals surface area (Å²) in [6.45, 7) is 2.02. The summed E-state index contributed by atoms with van der Waals surface area (Å²) in [5.41, 5.74) is 5.30. The minimum Gasteiger partial charge on any atom is -0.390 e. The van der Waals surface area contributed by atoms with E-state index in [9.17, 15) is 0 Å². The second-order valence-corrected chi connectivity index (χ2v) is 3.81. The molecule has 0 saturated carbocycles. The van der Waals surface area contributed by atoms with Crippen molar-refractivity contribution in [1.29, 1.82) is 0 Å². The quantitative estimate of drug-likeness (QED) is 0.808. The maximum atomic E-state index is 5.30. The van der Waals surface area contributed by atoms with E-state index in [1.54, 1.807) is 11.3 Å². The van der Waals surface area contributed by atoms with E-state index in [-0.39, 0.29) is 12.1 Å². The van der Waals surface area contributed by atoms with Crippen LogP contribution in [0.4, 0.5) is 12.0 Å². The van der Waals surface area contributed by atoms with Gasteiger partial charge in [0.05, 0.1) is 6.04 Å². The highest BCUT2D eigenvalue weighted by molar-refractivity contribution is 7.10. The van der Waals surface area contributed by atoms with Crippen LogP contribution in [0, 0.1) is 0 Å². The van der Waals surface area contributed by atoms with Gasteiger partial charge in [0.2, 0.25) is 0 Å². The number of anilines is 2. The molecule has 0 radical (unpaired) electrons. The Kier molecular flexibility index (Phi) is 2.36. The summed E-state index contributed by atoms with van der Waals surface area (Å²) in [5, 5.41) is 12.3. The SMILES string of the molecule is CC(Nc1nnc(N)o1)c1cccs1. The van der Waals surface area contributed by atoms with E-state index < -0.39 is 0 Å². The molecular formula is C8H10N4OS. The second-order valence-electron chi connectivity index (χ2n) is 2.83. The van der Waals surface area contributed by atoms with Gasteiger partial charge in [-0.15, -0.1) is 11.3 Å². The first-order chi connectivity index (χ1) is 6.75. The lowest BCUT2D eigenvalue weighted by molar-refractivity contribution is 0.579. The Hall–Kier alpha value is -1.56. The minimum atomic E-state index is 0.0749. The number of nitrogens with one attached hydrogen (secondary N) is 1. The fourth-order valence-electron chi connectivity index (χ4n) is 1.09. The lowest BCUT2D eigenvalue weighted by atomic mass is 10.3. The highest BCUT2D eigenvalue weighted by atomic mass is 32.1. The Morgan fingerprint density at radius 3 is 3.00 bits per heavy atom. The largest absolute Gasteiger partial charge is 0.390 e.